The van der Waals surface area contributed by atoms with Gasteiger partial charge in [-0.05, 0) is 25.1 Å². The van der Waals surface area contributed by atoms with Crippen LogP contribution in [-0.2, 0) is 6.54 Å². The smallest absolute Gasteiger partial charge is 0.255 e. The minimum absolute atomic E-state index is 0.183. The average Bonchev–Trinajstić information content (AvgIpc) is 2.47. The maximum atomic E-state index is 12.5. The van der Waals surface area contributed by atoms with Crippen LogP contribution in [0.4, 0.5) is 5.82 Å². The molecule has 2 aromatic heterocycles. The fraction of sp³-hybridized carbons (Fsp3) is 0.214. The summed E-state index contributed by atoms with van der Waals surface area (Å²) in [6, 6.07) is 7.09. The van der Waals surface area contributed by atoms with Crippen LogP contribution in [-0.4, -0.2) is 27.3 Å². The lowest BCUT2D eigenvalue weighted by Crippen LogP contribution is -2.31. The Labute approximate surface area is 122 Å². The number of aromatic nitrogens is 2. The van der Waals surface area contributed by atoms with E-state index in [1.165, 1.54) is 12.3 Å². The molecule has 0 spiro atoms. The zero-order valence-corrected chi connectivity index (χ0v) is 11.8. The maximum Gasteiger partial charge on any atom is 0.255 e. The summed E-state index contributed by atoms with van der Waals surface area (Å²) in [6.45, 7) is 2.88. The van der Waals surface area contributed by atoms with Crippen LogP contribution in [0.3, 0.4) is 0 Å². The third-order valence-electron chi connectivity index (χ3n) is 2.85. The average molecular weight is 291 g/mol. The van der Waals surface area contributed by atoms with Gasteiger partial charge in [0.05, 0.1) is 22.8 Å². The standard InChI is InChI=1S/C14H15ClN4O/c1-2-19(9-10-5-3-4-6-17-10)14(20)11-7-13(16)18-8-12(11)15/h3-8H,2,9H2,1H3,(H2,16,18). The number of nitrogens with zero attached hydrogens (tertiary/aromatic N) is 3. The van der Waals surface area contributed by atoms with Gasteiger partial charge in [0.15, 0.2) is 0 Å². The highest BCUT2D eigenvalue weighted by Gasteiger charge is 2.18. The van der Waals surface area contributed by atoms with E-state index in [0.717, 1.165) is 5.69 Å². The SMILES string of the molecule is CCN(Cc1ccccn1)C(=O)c1cc(N)ncc1Cl. The number of carbonyl (C=O) groups is 1. The van der Waals surface area contributed by atoms with E-state index in [4.69, 9.17) is 17.3 Å². The molecule has 0 aliphatic heterocycles. The second kappa shape index (κ2) is 6.34. The lowest BCUT2D eigenvalue weighted by molar-refractivity contribution is 0.0750. The molecule has 0 atom stereocenters. The number of carbonyl (C=O) groups excluding carboxylic acids is 1. The van der Waals surface area contributed by atoms with Crippen molar-refractivity contribution in [3.63, 3.8) is 0 Å². The highest BCUT2D eigenvalue weighted by molar-refractivity contribution is 6.33. The molecule has 0 fully saturated rings. The first kappa shape index (κ1) is 14.3. The number of anilines is 1. The molecule has 2 heterocycles. The molecule has 0 aromatic carbocycles. The molecular weight excluding hydrogens is 276 g/mol. The Morgan fingerprint density at radius 3 is 2.85 bits per heavy atom. The molecule has 20 heavy (non-hydrogen) atoms. The fourth-order valence-corrected chi connectivity index (χ4v) is 1.99. The van der Waals surface area contributed by atoms with Crippen molar-refractivity contribution in [3.8, 4) is 0 Å². The summed E-state index contributed by atoms with van der Waals surface area (Å²) in [6.07, 6.45) is 3.09. The molecule has 0 unspecified atom stereocenters. The Morgan fingerprint density at radius 1 is 1.40 bits per heavy atom. The van der Waals surface area contributed by atoms with Crippen molar-refractivity contribution in [2.24, 2.45) is 0 Å². The van der Waals surface area contributed by atoms with Crippen molar-refractivity contribution in [3.05, 3.63) is 52.9 Å². The lowest BCUT2D eigenvalue weighted by Gasteiger charge is -2.21. The third kappa shape index (κ3) is 3.24. The second-order valence-electron chi connectivity index (χ2n) is 4.23. The molecule has 0 aliphatic rings. The fourth-order valence-electron chi connectivity index (χ4n) is 1.80. The molecular formula is C14H15ClN4O. The van der Waals surface area contributed by atoms with Gasteiger partial charge in [-0.2, -0.15) is 0 Å². The van der Waals surface area contributed by atoms with Crippen LogP contribution in [0.2, 0.25) is 5.02 Å². The largest absolute Gasteiger partial charge is 0.384 e. The number of rotatable bonds is 4. The van der Waals surface area contributed by atoms with Gasteiger partial charge < -0.3 is 10.6 Å². The minimum Gasteiger partial charge on any atom is -0.384 e. The van der Waals surface area contributed by atoms with E-state index in [2.05, 4.69) is 9.97 Å². The summed E-state index contributed by atoms with van der Waals surface area (Å²) in [5.41, 5.74) is 6.79. The van der Waals surface area contributed by atoms with Crippen LogP contribution in [0.15, 0.2) is 36.7 Å². The Kier molecular flexibility index (Phi) is 4.53. The number of nitrogen functional groups attached to an aromatic ring is 1. The topological polar surface area (TPSA) is 72.1 Å². The Morgan fingerprint density at radius 2 is 2.20 bits per heavy atom. The molecule has 0 saturated carbocycles. The molecule has 0 aliphatic carbocycles. The van der Waals surface area contributed by atoms with Crippen molar-refractivity contribution >= 4 is 23.3 Å². The number of nitrogens with two attached hydrogens (primary N) is 1. The van der Waals surface area contributed by atoms with E-state index in [0.29, 0.717) is 23.7 Å². The Bertz CT molecular complexity index is 603. The van der Waals surface area contributed by atoms with Crippen molar-refractivity contribution in [1.82, 2.24) is 14.9 Å². The van der Waals surface area contributed by atoms with E-state index in [1.54, 1.807) is 11.1 Å². The van der Waals surface area contributed by atoms with Gasteiger partial charge in [-0.1, -0.05) is 17.7 Å². The summed E-state index contributed by atoms with van der Waals surface area (Å²) in [5.74, 6) is 0.0869. The predicted octanol–water partition coefficient (Wildman–Crippen LogP) is 2.37. The number of pyridine rings is 2. The van der Waals surface area contributed by atoms with Crippen molar-refractivity contribution in [2.75, 3.05) is 12.3 Å². The van der Waals surface area contributed by atoms with E-state index in [1.807, 2.05) is 25.1 Å². The van der Waals surface area contributed by atoms with Crippen LogP contribution in [0, 0.1) is 0 Å². The van der Waals surface area contributed by atoms with Crippen molar-refractivity contribution < 1.29 is 4.79 Å². The molecule has 0 radical (unpaired) electrons. The van der Waals surface area contributed by atoms with Gasteiger partial charge in [-0.15, -0.1) is 0 Å². The number of halogens is 1. The first-order chi connectivity index (χ1) is 9.61. The highest BCUT2D eigenvalue weighted by Crippen LogP contribution is 2.19. The molecule has 104 valence electrons. The van der Waals surface area contributed by atoms with Gasteiger partial charge in [0.25, 0.3) is 5.91 Å². The van der Waals surface area contributed by atoms with Gasteiger partial charge in [0, 0.05) is 18.9 Å². The summed E-state index contributed by atoms with van der Waals surface area (Å²) in [5, 5.41) is 0.295. The van der Waals surface area contributed by atoms with Gasteiger partial charge in [-0.25, -0.2) is 4.98 Å². The zero-order chi connectivity index (χ0) is 14.5. The summed E-state index contributed by atoms with van der Waals surface area (Å²) in [4.78, 5) is 22.2. The first-order valence-corrected chi connectivity index (χ1v) is 6.59. The molecule has 2 N–H and O–H groups in total. The van der Waals surface area contributed by atoms with Crippen LogP contribution in [0.1, 0.15) is 23.0 Å². The van der Waals surface area contributed by atoms with Gasteiger partial charge in [0.1, 0.15) is 5.82 Å². The molecule has 0 bridgehead atoms. The first-order valence-electron chi connectivity index (χ1n) is 6.22. The summed E-state index contributed by atoms with van der Waals surface area (Å²) < 4.78 is 0. The van der Waals surface area contributed by atoms with Gasteiger partial charge in [-0.3, -0.25) is 9.78 Å². The normalized spacial score (nSPS) is 10.3. The molecule has 0 saturated heterocycles. The maximum absolute atomic E-state index is 12.5. The monoisotopic (exact) mass is 290 g/mol. The van der Waals surface area contributed by atoms with E-state index in [-0.39, 0.29) is 11.7 Å². The molecule has 1 amide bonds. The molecule has 2 rings (SSSR count). The molecule has 2 aromatic rings. The Hall–Kier alpha value is -2.14. The van der Waals surface area contributed by atoms with E-state index < -0.39 is 0 Å². The quantitative estimate of drug-likeness (QED) is 0.938. The summed E-state index contributed by atoms with van der Waals surface area (Å²) in [7, 11) is 0. The third-order valence-corrected chi connectivity index (χ3v) is 3.16. The van der Waals surface area contributed by atoms with E-state index >= 15 is 0 Å². The number of hydrogen-bond donors (Lipinski definition) is 1. The van der Waals surface area contributed by atoms with Crippen LogP contribution in [0.25, 0.3) is 0 Å². The highest BCUT2D eigenvalue weighted by atomic mass is 35.5. The van der Waals surface area contributed by atoms with Crippen molar-refractivity contribution in [2.45, 2.75) is 13.5 Å². The number of hydrogen-bond acceptors (Lipinski definition) is 4. The molecule has 5 nitrogen and oxygen atoms in total. The minimum atomic E-state index is -0.183. The second-order valence-corrected chi connectivity index (χ2v) is 4.64. The van der Waals surface area contributed by atoms with Crippen LogP contribution in [0.5, 0.6) is 0 Å². The number of amides is 1. The van der Waals surface area contributed by atoms with Crippen molar-refractivity contribution in [1.29, 1.82) is 0 Å². The summed E-state index contributed by atoms with van der Waals surface area (Å²) >= 11 is 6.01. The Balaban J connectivity index is 2.23. The van der Waals surface area contributed by atoms with Gasteiger partial charge >= 0.3 is 0 Å². The van der Waals surface area contributed by atoms with E-state index in [9.17, 15) is 4.79 Å². The molecule has 6 heteroatoms. The van der Waals surface area contributed by atoms with Crippen LogP contribution < -0.4 is 5.73 Å². The lowest BCUT2D eigenvalue weighted by atomic mass is 10.2. The van der Waals surface area contributed by atoms with Crippen LogP contribution >= 0.6 is 11.6 Å². The zero-order valence-electron chi connectivity index (χ0n) is 11.1. The van der Waals surface area contributed by atoms with Gasteiger partial charge in [0.2, 0.25) is 0 Å². The predicted molar refractivity (Wildman–Crippen MR) is 78.3 cm³/mol.